The summed E-state index contributed by atoms with van der Waals surface area (Å²) in [5.74, 6) is 0. The van der Waals surface area contributed by atoms with E-state index in [4.69, 9.17) is 0 Å². The minimum absolute atomic E-state index is 1.09. The van der Waals surface area contributed by atoms with Crippen molar-refractivity contribution >= 4 is 31.9 Å². The van der Waals surface area contributed by atoms with Crippen LogP contribution in [0.25, 0.3) is 0 Å². The van der Waals surface area contributed by atoms with Gasteiger partial charge in [-0.2, -0.15) is 0 Å². The second kappa shape index (κ2) is 8.44. The van der Waals surface area contributed by atoms with Gasteiger partial charge in [0.15, 0.2) is 0 Å². The first-order chi connectivity index (χ1) is 4.41. The highest BCUT2D eigenvalue weighted by atomic mass is 79.9. The van der Waals surface area contributed by atoms with Gasteiger partial charge in [-0.25, -0.2) is 0 Å². The van der Waals surface area contributed by atoms with Crippen LogP contribution in [-0.2, 0) is 0 Å². The predicted octanol–water partition coefficient (Wildman–Crippen LogP) is 3.63. The van der Waals surface area contributed by atoms with Crippen LogP contribution in [0, 0.1) is 0 Å². The van der Waals surface area contributed by atoms with Gasteiger partial charge in [0.2, 0.25) is 0 Å². The summed E-state index contributed by atoms with van der Waals surface area (Å²) in [6.45, 7) is 0. The lowest BCUT2D eigenvalue weighted by Crippen LogP contribution is -1.68. The first-order valence-electron chi connectivity index (χ1n) is 2.89. The summed E-state index contributed by atoms with van der Waals surface area (Å²) in [6, 6.07) is 0. The van der Waals surface area contributed by atoms with Gasteiger partial charge in [-0.3, -0.25) is 0 Å². The van der Waals surface area contributed by atoms with E-state index in [0.29, 0.717) is 0 Å². The van der Waals surface area contributed by atoms with E-state index in [0.717, 1.165) is 11.8 Å². The summed E-state index contributed by atoms with van der Waals surface area (Å²) < 4.78 is 0. The van der Waals surface area contributed by atoms with Gasteiger partial charge in [-0.1, -0.05) is 50.1 Å². The minimum Gasteiger partial charge on any atom is -0.0928 e. The summed E-state index contributed by atoms with van der Waals surface area (Å²) >= 11 is 6.53. The molecule has 0 heterocycles. The molecule has 0 nitrogen and oxygen atoms in total. The average Bonchev–Trinajstić information content (AvgIpc) is 1.89. The minimum atomic E-state index is 1.09. The van der Waals surface area contributed by atoms with Crippen LogP contribution in [0.15, 0.2) is 23.2 Å². The summed E-state index contributed by atoms with van der Waals surface area (Å²) in [7, 11) is 0. The number of halogens is 2. The highest BCUT2D eigenvalue weighted by Gasteiger charge is 1.75. The van der Waals surface area contributed by atoms with Crippen LogP contribution in [0.2, 0.25) is 0 Å². The fourth-order valence-corrected chi connectivity index (χ4v) is 0.912. The van der Waals surface area contributed by atoms with Gasteiger partial charge in [0.25, 0.3) is 0 Å². The molecule has 0 unspecified atom stereocenters. The Kier molecular flexibility index (Phi) is 8.85. The molecule has 0 bridgehead atoms. The topological polar surface area (TPSA) is 0 Å². The highest BCUT2D eigenvalue weighted by molar-refractivity contribution is 9.11. The van der Waals surface area contributed by atoms with Crippen molar-refractivity contribution in [2.45, 2.75) is 12.8 Å². The first kappa shape index (κ1) is 9.44. The number of hydrogen-bond acceptors (Lipinski definition) is 0. The number of hydrogen-bond donors (Lipinski definition) is 0. The maximum Gasteiger partial charge on any atom is 0.00342 e. The molecule has 0 amide bonds. The van der Waals surface area contributed by atoms with E-state index in [1.807, 2.05) is 17.1 Å². The maximum atomic E-state index is 3.36. The van der Waals surface area contributed by atoms with Crippen LogP contribution in [0.5, 0.6) is 0 Å². The zero-order valence-corrected chi connectivity index (χ0v) is 8.36. The number of rotatable bonds is 4. The van der Waals surface area contributed by atoms with Crippen LogP contribution in [0.3, 0.4) is 0 Å². The molecule has 0 aromatic heterocycles. The molecule has 0 aliphatic heterocycles. The molecule has 0 N–H and O–H groups in total. The molecule has 0 spiro atoms. The molecular weight excluding hydrogens is 244 g/mol. The van der Waals surface area contributed by atoms with E-state index in [9.17, 15) is 0 Å². The largest absolute Gasteiger partial charge is 0.0928 e. The smallest absolute Gasteiger partial charge is 0.00342 e. The summed E-state index contributed by atoms with van der Waals surface area (Å²) in [5, 5.41) is 1.09. The van der Waals surface area contributed by atoms with Crippen LogP contribution in [0.4, 0.5) is 0 Å². The van der Waals surface area contributed by atoms with Gasteiger partial charge < -0.3 is 0 Å². The lowest BCUT2D eigenvalue weighted by Gasteiger charge is -1.83. The molecule has 0 aromatic carbocycles. The zero-order valence-electron chi connectivity index (χ0n) is 5.19. The molecule has 0 rings (SSSR count). The fourth-order valence-electron chi connectivity index (χ4n) is 0.412. The molecule has 0 aliphatic carbocycles. The Morgan fingerprint density at radius 3 is 2.56 bits per heavy atom. The number of unbranched alkanes of at least 4 members (excludes halogenated alkanes) is 1. The average molecular weight is 254 g/mol. The third kappa shape index (κ3) is 8.44. The van der Waals surface area contributed by atoms with Gasteiger partial charge in [0, 0.05) is 5.33 Å². The standard InChI is InChI=1S/C7H10Br2/c8-6-4-2-1-3-5-7-9/h1-2,4,6H,3,5,7H2/b2-1-,6-4+. The Hall–Kier alpha value is 0.440. The number of allylic oxidation sites excluding steroid dienone is 3. The third-order valence-electron chi connectivity index (χ3n) is 0.824. The van der Waals surface area contributed by atoms with Gasteiger partial charge in [0.1, 0.15) is 0 Å². The molecule has 0 aliphatic rings. The van der Waals surface area contributed by atoms with Crippen molar-refractivity contribution in [3.05, 3.63) is 23.2 Å². The third-order valence-corrected chi connectivity index (χ3v) is 1.69. The van der Waals surface area contributed by atoms with E-state index >= 15 is 0 Å². The van der Waals surface area contributed by atoms with Crippen molar-refractivity contribution in [3.63, 3.8) is 0 Å². The Balaban J connectivity index is 3.04. The lowest BCUT2D eigenvalue weighted by molar-refractivity contribution is 0.979. The van der Waals surface area contributed by atoms with Crippen LogP contribution in [0.1, 0.15) is 12.8 Å². The van der Waals surface area contributed by atoms with Crippen LogP contribution < -0.4 is 0 Å². The molecule has 2 heteroatoms. The SMILES string of the molecule is Br/C=C/C=C\CCCBr. The molecule has 0 saturated heterocycles. The Morgan fingerprint density at radius 1 is 1.22 bits per heavy atom. The predicted molar refractivity (Wildman–Crippen MR) is 50.2 cm³/mol. The van der Waals surface area contributed by atoms with E-state index in [2.05, 4.69) is 37.9 Å². The van der Waals surface area contributed by atoms with Crippen molar-refractivity contribution in [3.8, 4) is 0 Å². The zero-order chi connectivity index (χ0) is 6.95. The van der Waals surface area contributed by atoms with Crippen molar-refractivity contribution < 1.29 is 0 Å². The van der Waals surface area contributed by atoms with Crippen molar-refractivity contribution in [1.29, 1.82) is 0 Å². The molecule has 0 fully saturated rings. The lowest BCUT2D eigenvalue weighted by atomic mass is 10.3. The van der Waals surface area contributed by atoms with Gasteiger partial charge in [-0.15, -0.1) is 0 Å². The Bertz CT molecular complexity index is 95.1. The van der Waals surface area contributed by atoms with E-state index in [-0.39, 0.29) is 0 Å². The Morgan fingerprint density at radius 2 is 2.00 bits per heavy atom. The molecule has 0 atom stereocenters. The normalized spacial score (nSPS) is 11.8. The Labute approximate surface area is 73.3 Å². The molecule has 0 aromatic rings. The summed E-state index contributed by atoms with van der Waals surface area (Å²) in [5.41, 5.74) is 0. The van der Waals surface area contributed by atoms with Gasteiger partial charge in [0.05, 0.1) is 0 Å². The maximum absolute atomic E-state index is 3.36. The van der Waals surface area contributed by atoms with Crippen molar-refractivity contribution in [1.82, 2.24) is 0 Å². The van der Waals surface area contributed by atoms with Gasteiger partial charge >= 0.3 is 0 Å². The fraction of sp³-hybridized carbons (Fsp3) is 0.429. The van der Waals surface area contributed by atoms with E-state index in [1.165, 1.54) is 6.42 Å². The second-order valence-electron chi connectivity index (χ2n) is 1.58. The highest BCUT2D eigenvalue weighted by Crippen LogP contribution is 1.95. The second-order valence-corrected chi connectivity index (χ2v) is 2.90. The first-order valence-corrected chi connectivity index (χ1v) is 4.93. The molecular formula is C7H10Br2. The molecule has 0 saturated carbocycles. The number of alkyl halides is 1. The molecule has 0 radical (unpaired) electrons. The monoisotopic (exact) mass is 252 g/mol. The van der Waals surface area contributed by atoms with Crippen molar-refractivity contribution in [2.24, 2.45) is 0 Å². The molecule has 52 valence electrons. The van der Waals surface area contributed by atoms with E-state index in [1.54, 1.807) is 0 Å². The quantitative estimate of drug-likeness (QED) is 0.408. The van der Waals surface area contributed by atoms with Crippen molar-refractivity contribution in [2.75, 3.05) is 5.33 Å². The van der Waals surface area contributed by atoms with Crippen LogP contribution in [-0.4, -0.2) is 5.33 Å². The summed E-state index contributed by atoms with van der Waals surface area (Å²) in [4.78, 5) is 1.84. The van der Waals surface area contributed by atoms with Gasteiger partial charge in [-0.05, 0) is 17.8 Å². The van der Waals surface area contributed by atoms with E-state index < -0.39 is 0 Å². The summed E-state index contributed by atoms with van der Waals surface area (Å²) in [6.07, 6.45) is 8.53. The van der Waals surface area contributed by atoms with Crippen LogP contribution >= 0.6 is 31.9 Å². The molecule has 9 heavy (non-hydrogen) atoms.